The third-order valence-electron chi connectivity index (χ3n) is 2.79. The van der Waals surface area contributed by atoms with E-state index in [1.807, 2.05) is 12.1 Å². The second kappa shape index (κ2) is 4.41. The molecule has 0 aromatic carbocycles. The largest absolute Gasteiger partial charge is 0.252 e. The SMILES string of the molecule is FC1(F)CCCC1C(Br)c1ccc(Br)s1. The van der Waals surface area contributed by atoms with Gasteiger partial charge in [0, 0.05) is 17.2 Å². The van der Waals surface area contributed by atoms with E-state index in [0.29, 0.717) is 12.8 Å². The van der Waals surface area contributed by atoms with Crippen LogP contribution in [0.2, 0.25) is 0 Å². The Hall–Kier alpha value is 0.520. The van der Waals surface area contributed by atoms with Crippen LogP contribution in [0.15, 0.2) is 15.9 Å². The van der Waals surface area contributed by atoms with Gasteiger partial charge in [0.05, 0.1) is 8.61 Å². The molecule has 0 radical (unpaired) electrons. The van der Waals surface area contributed by atoms with Crippen LogP contribution in [0.5, 0.6) is 0 Å². The maximum absolute atomic E-state index is 13.5. The van der Waals surface area contributed by atoms with Gasteiger partial charge in [-0.2, -0.15) is 0 Å². The fourth-order valence-electron chi connectivity index (χ4n) is 1.99. The Kier molecular flexibility index (Phi) is 3.53. The molecular formula is C10H10Br2F2S. The summed E-state index contributed by atoms with van der Waals surface area (Å²) in [6.07, 6.45) is 1.27. The van der Waals surface area contributed by atoms with Gasteiger partial charge in [0.25, 0.3) is 5.92 Å². The number of halogens is 4. The average molecular weight is 360 g/mol. The molecule has 2 unspecified atom stereocenters. The predicted octanol–water partition coefficient (Wildman–Crippen LogP) is 5.38. The fraction of sp³-hybridized carbons (Fsp3) is 0.600. The van der Waals surface area contributed by atoms with E-state index in [4.69, 9.17) is 0 Å². The summed E-state index contributed by atoms with van der Waals surface area (Å²) in [4.78, 5) is 0.764. The maximum atomic E-state index is 13.5. The van der Waals surface area contributed by atoms with Gasteiger partial charge in [-0.05, 0) is 40.9 Å². The quantitative estimate of drug-likeness (QED) is 0.621. The van der Waals surface area contributed by atoms with Crippen LogP contribution in [-0.2, 0) is 0 Å². The molecule has 1 fully saturated rings. The van der Waals surface area contributed by atoms with E-state index in [-0.39, 0.29) is 11.2 Å². The van der Waals surface area contributed by atoms with Crippen molar-refractivity contribution >= 4 is 43.2 Å². The number of alkyl halides is 3. The van der Waals surface area contributed by atoms with Crippen molar-refractivity contribution in [3.63, 3.8) is 0 Å². The standard InChI is InChI=1S/C10H10Br2F2S/c11-8-4-3-7(15-8)9(12)6-2-1-5-10(6,13)14/h3-4,6,9H,1-2,5H2. The molecule has 84 valence electrons. The van der Waals surface area contributed by atoms with Crippen LogP contribution in [0.25, 0.3) is 0 Å². The zero-order chi connectivity index (χ0) is 11.1. The zero-order valence-corrected chi connectivity index (χ0v) is 11.8. The van der Waals surface area contributed by atoms with Gasteiger partial charge in [-0.25, -0.2) is 8.78 Å². The minimum absolute atomic E-state index is 0.0340. The van der Waals surface area contributed by atoms with Crippen molar-refractivity contribution in [3.8, 4) is 0 Å². The lowest BCUT2D eigenvalue weighted by atomic mass is 10.00. The number of thiophene rings is 1. The molecule has 0 aliphatic heterocycles. The highest BCUT2D eigenvalue weighted by atomic mass is 79.9. The Morgan fingerprint density at radius 3 is 2.67 bits per heavy atom. The van der Waals surface area contributed by atoms with Crippen molar-refractivity contribution in [1.82, 2.24) is 0 Å². The van der Waals surface area contributed by atoms with Crippen molar-refractivity contribution in [2.45, 2.75) is 30.0 Å². The van der Waals surface area contributed by atoms with Gasteiger partial charge in [0.2, 0.25) is 0 Å². The highest BCUT2D eigenvalue weighted by Crippen LogP contribution is 2.51. The zero-order valence-electron chi connectivity index (χ0n) is 7.85. The summed E-state index contributed by atoms with van der Waals surface area (Å²) < 4.78 is 28.0. The lowest BCUT2D eigenvalue weighted by Crippen LogP contribution is -2.24. The van der Waals surface area contributed by atoms with E-state index in [9.17, 15) is 8.78 Å². The van der Waals surface area contributed by atoms with Gasteiger partial charge >= 0.3 is 0 Å². The molecule has 0 N–H and O–H groups in total. The lowest BCUT2D eigenvalue weighted by Gasteiger charge is -2.23. The summed E-state index contributed by atoms with van der Waals surface area (Å²) in [5.74, 6) is -3.06. The van der Waals surface area contributed by atoms with Crippen molar-refractivity contribution in [2.75, 3.05) is 0 Å². The van der Waals surface area contributed by atoms with Crippen molar-refractivity contribution in [2.24, 2.45) is 5.92 Å². The molecule has 0 bridgehead atoms. The van der Waals surface area contributed by atoms with Crippen molar-refractivity contribution in [3.05, 3.63) is 20.8 Å². The van der Waals surface area contributed by atoms with Gasteiger partial charge in [0.1, 0.15) is 0 Å². The van der Waals surface area contributed by atoms with Crippen LogP contribution >= 0.6 is 43.2 Å². The molecule has 1 heterocycles. The van der Waals surface area contributed by atoms with Gasteiger partial charge < -0.3 is 0 Å². The first-order valence-corrected chi connectivity index (χ1v) is 7.30. The fourth-order valence-corrected chi connectivity index (χ4v) is 4.54. The molecule has 2 rings (SSSR count). The van der Waals surface area contributed by atoms with E-state index in [2.05, 4.69) is 31.9 Å². The molecule has 5 heteroatoms. The van der Waals surface area contributed by atoms with Crippen LogP contribution in [0.1, 0.15) is 29.0 Å². The van der Waals surface area contributed by atoms with Crippen molar-refractivity contribution < 1.29 is 8.78 Å². The van der Waals surface area contributed by atoms with Gasteiger partial charge in [0.15, 0.2) is 0 Å². The molecule has 1 aliphatic rings. The van der Waals surface area contributed by atoms with E-state index in [1.165, 1.54) is 11.3 Å². The summed E-state index contributed by atoms with van der Waals surface area (Å²) in [6.45, 7) is 0. The minimum atomic E-state index is -2.51. The second-order valence-corrected chi connectivity index (χ2v) is 7.28. The molecule has 1 aliphatic carbocycles. The normalized spacial score (nSPS) is 26.8. The van der Waals surface area contributed by atoms with Crippen LogP contribution in [-0.4, -0.2) is 5.92 Å². The van der Waals surface area contributed by atoms with E-state index in [0.717, 1.165) is 8.66 Å². The number of hydrogen-bond acceptors (Lipinski definition) is 1. The molecule has 2 atom stereocenters. The maximum Gasteiger partial charge on any atom is 0.252 e. The van der Waals surface area contributed by atoms with E-state index < -0.39 is 11.8 Å². The first-order valence-electron chi connectivity index (χ1n) is 4.78. The second-order valence-electron chi connectivity index (χ2n) is 3.80. The van der Waals surface area contributed by atoms with Gasteiger partial charge in [-0.1, -0.05) is 15.9 Å². The molecule has 0 saturated heterocycles. The van der Waals surface area contributed by atoms with E-state index >= 15 is 0 Å². The predicted molar refractivity (Wildman–Crippen MR) is 66.0 cm³/mol. The Bertz CT molecular complexity index is 351. The Morgan fingerprint density at radius 1 is 1.47 bits per heavy atom. The average Bonchev–Trinajstić information content (AvgIpc) is 2.70. The summed E-state index contributed by atoms with van der Waals surface area (Å²) in [5, 5.41) is 0. The Balaban J connectivity index is 2.17. The third kappa shape index (κ3) is 2.44. The third-order valence-corrected chi connectivity index (χ3v) is 5.93. The van der Waals surface area contributed by atoms with Gasteiger partial charge in [-0.3, -0.25) is 0 Å². The molecule has 0 nitrogen and oxygen atoms in total. The Labute approximate surface area is 108 Å². The molecule has 0 amide bonds. The molecular weight excluding hydrogens is 350 g/mol. The van der Waals surface area contributed by atoms with Crippen LogP contribution < -0.4 is 0 Å². The first-order chi connectivity index (χ1) is 7.00. The highest BCUT2D eigenvalue weighted by molar-refractivity contribution is 9.11. The molecule has 1 aromatic rings. The lowest BCUT2D eigenvalue weighted by molar-refractivity contribution is -0.0364. The van der Waals surface area contributed by atoms with Crippen LogP contribution in [0, 0.1) is 5.92 Å². The number of hydrogen-bond donors (Lipinski definition) is 0. The van der Waals surface area contributed by atoms with Crippen LogP contribution in [0.3, 0.4) is 0 Å². The Morgan fingerprint density at radius 2 is 2.20 bits per heavy atom. The summed E-state index contributed by atoms with van der Waals surface area (Å²) in [7, 11) is 0. The first kappa shape index (κ1) is 12.0. The molecule has 0 spiro atoms. The summed E-state index contributed by atoms with van der Waals surface area (Å²) in [5.41, 5.74) is 0. The summed E-state index contributed by atoms with van der Waals surface area (Å²) >= 11 is 8.28. The molecule has 1 aromatic heterocycles. The topological polar surface area (TPSA) is 0 Å². The minimum Gasteiger partial charge on any atom is -0.207 e. The smallest absolute Gasteiger partial charge is 0.207 e. The van der Waals surface area contributed by atoms with Gasteiger partial charge in [-0.15, -0.1) is 11.3 Å². The summed E-state index contributed by atoms with van der Waals surface area (Å²) in [6, 6.07) is 3.81. The highest BCUT2D eigenvalue weighted by Gasteiger charge is 2.47. The molecule has 1 saturated carbocycles. The van der Waals surface area contributed by atoms with Crippen molar-refractivity contribution in [1.29, 1.82) is 0 Å². The monoisotopic (exact) mass is 358 g/mol. The van der Waals surface area contributed by atoms with Crippen LogP contribution in [0.4, 0.5) is 8.78 Å². The number of rotatable bonds is 2. The molecule has 15 heavy (non-hydrogen) atoms. The van der Waals surface area contributed by atoms with E-state index in [1.54, 1.807) is 0 Å².